The summed E-state index contributed by atoms with van der Waals surface area (Å²) in [7, 11) is 1.47. The van der Waals surface area contributed by atoms with Gasteiger partial charge in [-0.3, -0.25) is 9.59 Å². The molecule has 4 rings (SSSR count). The van der Waals surface area contributed by atoms with Crippen LogP contribution in [0.2, 0.25) is 0 Å². The van der Waals surface area contributed by atoms with E-state index in [0.29, 0.717) is 29.0 Å². The van der Waals surface area contributed by atoms with Crippen LogP contribution >= 0.6 is 0 Å². The quantitative estimate of drug-likeness (QED) is 0.0445. The van der Waals surface area contributed by atoms with Gasteiger partial charge in [-0.15, -0.1) is 5.10 Å². The van der Waals surface area contributed by atoms with Crippen LogP contribution in [0.1, 0.15) is 116 Å². The Balaban J connectivity index is 1.36. The number of ketones is 1. The zero-order chi connectivity index (χ0) is 33.4. The number of carbonyl (C=O) groups is 3. The highest BCUT2D eigenvalue weighted by atomic mass is 16.5. The molecule has 1 N–H and O–H groups in total. The molecule has 0 spiro atoms. The van der Waals surface area contributed by atoms with Crippen molar-refractivity contribution >= 4 is 34.4 Å². The fraction of sp³-hybridized carbons (Fsp3) is 0.447. The summed E-state index contributed by atoms with van der Waals surface area (Å²) in [6.07, 6.45) is 14.8. The maximum absolute atomic E-state index is 13.9. The first-order valence-electron chi connectivity index (χ1n) is 17.0. The van der Waals surface area contributed by atoms with Gasteiger partial charge in [0.1, 0.15) is 11.3 Å². The number of rotatable bonds is 20. The van der Waals surface area contributed by atoms with Gasteiger partial charge in [-0.05, 0) is 43.2 Å². The number of benzene rings is 3. The fourth-order valence-corrected chi connectivity index (χ4v) is 5.72. The third kappa shape index (κ3) is 9.98. The van der Waals surface area contributed by atoms with E-state index in [-0.39, 0.29) is 11.3 Å². The highest BCUT2D eigenvalue weighted by molar-refractivity contribution is 6.16. The molecule has 0 aliphatic heterocycles. The van der Waals surface area contributed by atoms with Gasteiger partial charge >= 0.3 is 5.97 Å². The Morgan fingerprint density at radius 2 is 1.45 bits per heavy atom. The summed E-state index contributed by atoms with van der Waals surface area (Å²) in [6.45, 7) is 4.47. The lowest BCUT2D eigenvalue weighted by molar-refractivity contribution is -0.118. The van der Waals surface area contributed by atoms with Gasteiger partial charge in [0.15, 0.2) is 11.8 Å². The largest absolute Gasteiger partial charge is 0.495 e. The second-order valence-electron chi connectivity index (χ2n) is 12.0. The summed E-state index contributed by atoms with van der Waals surface area (Å²) in [5.41, 5.74) is 2.89. The van der Waals surface area contributed by atoms with E-state index in [4.69, 9.17) is 9.47 Å². The van der Waals surface area contributed by atoms with Gasteiger partial charge in [-0.25, -0.2) is 9.48 Å². The van der Waals surface area contributed by atoms with Crippen molar-refractivity contribution in [1.29, 1.82) is 0 Å². The Bertz CT molecular complexity index is 1600. The number of fused-ring (bicyclic) bond motifs is 1. The highest BCUT2D eigenvalue weighted by Crippen LogP contribution is 2.29. The molecular weight excluding hydrogens is 592 g/mol. The maximum atomic E-state index is 13.9. The zero-order valence-corrected chi connectivity index (χ0v) is 28.0. The third-order valence-corrected chi connectivity index (χ3v) is 8.43. The van der Waals surface area contributed by atoms with E-state index in [1.54, 1.807) is 48.5 Å². The average Bonchev–Trinajstić information content (AvgIpc) is 3.52. The summed E-state index contributed by atoms with van der Waals surface area (Å²) in [4.78, 5) is 40.6. The number of nitrogens with zero attached hydrogens (tertiary/aromatic N) is 3. The van der Waals surface area contributed by atoms with Crippen LogP contribution in [0.25, 0.3) is 11.0 Å². The molecule has 1 atom stereocenters. The van der Waals surface area contributed by atoms with Crippen molar-refractivity contribution in [3.63, 3.8) is 0 Å². The molecule has 3 aromatic carbocycles. The van der Waals surface area contributed by atoms with Crippen molar-refractivity contribution < 1.29 is 23.9 Å². The second-order valence-corrected chi connectivity index (χ2v) is 12.0. The van der Waals surface area contributed by atoms with Crippen LogP contribution in [-0.2, 0) is 9.53 Å². The topological polar surface area (TPSA) is 112 Å². The van der Waals surface area contributed by atoms with E-state index < -0.39 is 23.7 Å². The van der Waals surface area contributed by atoms with Crippen molar-refractivity contribution in [2.75, 3.05) is 19.0 Å². The number of methoxy groups -OCH3 is 1. The summed E-state index contributed by atoms with van der Waals surface area (Å²) in [5.74, 6) is -1.25. The number of anilines is 1. The number of aryl methyl sites for hydroxylation is 1. The SMILES string of the molecule is CCCCCCCCCCCCCCOC(=O)c1ccc(OC)c(NC(=O)C(C(=O)c2ccccc2)n2nnc3c(C)cccc32)c1. The van der Waals surface area contributed by atoms with Crippen LogP contribution in [0.3, 0.4) is 0 Å². The van der Waals surface area contributed by atoms with Gasteiger partial charge in [0.25, 0.3) is 5.91 Å². The molecule has 1 amide bonds. The van der Waals surface area contributed by atoms with Crippen molar-refractivity contribution in [2.24, 2.45) is 0 Å². The first kappa shape index (κ1) is 35.3. The van der Waals surface area contributed by atoms with Gasteiger partial charge in [-0.2, -0.15) is 0 Å². The van der Waals surface area contributed by atoms with Crippen molar-refractivity contribution in [3.8, 4) is 5.75 Å². The average molecular weight is 641 g/mol. The summed E-state index contributed by atoms with van der Waals surface area (Å²) < 4.78 is 12.4. The van der Waals surface area contributed by atoms with Gasteiger partial charge < -0.3 is 14.8 Å². The second kappa shape index (κ2) is 18.6. The molecule has 1 heterocycles. The molecule has 0 aliphatic rings. The van der Waals surface area contributed by atoms with Crippen molar-refractivity contribution in [2.45, 2.75) is 96.9 Å². The molecule has 0 fully saturated rings. The van der Waals surface area contributed by atoms with E-state index in [9.17, 15) is 14.4 Å². The van der Waals surface area contributed by atoms with Crippen LogP contribution in [0.5, 0.6) is 5.75 Å². The highest BCUT2D eigenvalue weighted by Gasteiger charge is 2.33. The molecule has 0 radical (unpaired) electrons. The lowest BCUT2D eigenvalue weighted by atomic mass is 10.0. The molecule has 9 heteroatoms. The Morgan fingerprint density at radius 3 is 2.11 bits per heavy atom. The number of carbonyl (C=O) groups excluding carboxylic acids is 3. The minimum absolute atomic E-state index is 0.240. The summed E-state index contributed by atoms with van der Waals surface area (Å²) >= 11 is 0. The molecule has 0 saturated carbocycles. The lowest BCUT2D eigenvalue weighted by Crippen LogP contribution is -2.33. The molecular formula is C38H48N4O5. The first-order chi connectivity index (χ1) is 22.9. The van der Waals surface area contributed by atoms with E-state index in [0.717, 1.165) is 24.8 Å². The molecule has 4 aromatic rings. The molecule has 47 heavy (non-hydrogen) atoms. The molecule has 1 unspecified atom stereocenters. The summed E-state index contributed by atoms with van der Waals surface area (Å²) in [5, 5.41) is 11.3. The van der Waals surface area contributed by atoms with E-state index in [2.05, 4.69) is 22.6 Å². The number of hydrogen-bond donors (Lipinski definition) is 1. The number of nitrogens with one attached hydrogen (secondary N) is 1. The molecule has 1 aromatic heterocycles. The van der Waals surface area contributed by atoms with Crippen molar-refractivity contribution in [1.82, 2.24) is 15.0 Å². The minimum atomic E-state index is -1.37. The van der Waals surface area contributed by atoms with Gasteiger partial charge in [0.2, 0.25) is 0 Å². The summed E-state index contributed by atoms with van der Waals surface area (Å²) in [6, 6.07) is 17.4. The van der Waals surface area contributed by atoms with Crippen molar-refractivity contribution in [3.05, 3.63) is 83.4 Å². The number of unbranched alkanes of at least 4 members (excludes halogenated alkanes) is 11. The van der Waals surface area contributed by atoms with Gasteiger partial charge in [0.05, 0.1) is 30.5 Å². The Labute approximate surface area is 278 Å². The van der Waals surface area contributed by atoms with Crippen LogP contribution in [0, 0.1) is 6.92 Å². The maximum Gasteiger partial charge on any atom is 0.338 e. The number of hydrogen-bond acceptors (Lipinski definition) is 7. The Morgan fingerprint density at radius 1 is 0.787 bits per heavy atom. The predicted molar refractivity (Wildman–Crippen MR) is 185 cm³/mol. The van der Waals surface area contributed by atoms with E-state index >= 15 is 0 Å². The van der Waals surface area contributed by atoms with Crippen LogP contribution in [0.15, 0.2) is 66.7 Å². The number of ether oxygens (including phenoxy) is 2. The van der Waals surface area contributed by atoms with Gasteiger partial charge in [0, 0.05) is 5.56 Å². The zero-order valence-electron chi connectivity index (χ0n) is 28.0. The number of esters is 1. The predicted octanol–water partition coefficient (Wildman–Crippen LogP) is 8.67. The standard InChI is InChI=1S/C38H48N4O5/c1-4-5-6-7-8-9-10-11-12-13-14-18-26-47-38(45)30-24-25-33(46-3)31(27-30)39-37(44)35(36(43)29-21-16-15-17-22-29)42-32-23-19-20-28(2)34(32)40-41-42/h15-17,19-25,27,35H,4-14,18,26H2,1-3H3,(H,39,44). The monoisotopic (exact) mass is 640 g/mol. The molecule has 0 aliphatic carbocycles. The van der Waals surface area contributed by atoms with Gasteiger partial charge in [-0.1, -0.05) is 125 Å². The minimum Gasteiger partial charge on any atom is -0.495 e. The van der Waals surface area contributed by atoms with E-state index in [1.807, 2.05) is 19.1 Å². The van der Waals surface area contributed by atoms with E-state index in [1.165, 1.54) is 75.6 Å². The number of aromatic nitrogens is 3. The lowest BCUT2D eigenvalue weighted by Gasteiger charge is -2.18. The van der Waals surface area contributed by atoms with Crippen LogP contribution in [-0.4, -0.2) is 46.4 Å². The Hall–Kier alpha value is -4.53. The Kier molecular flexibility index (Phi) is 14.0. The molecule has 0 bridgehead atoms. The first-order valence-corrected chi connectivity index (χ1v) is 17.0. The normalized spacial score (nSPS) is 11.7. The molecule has 250 valence electrons. The van der Waals surface area contributed by atoms with Crippen LogP contribution < -0.4 is 10.1 Å². The third-order valence-electron chi connectivity index (χ3n) is 8.43. The molecule has 0 saturated heterocycles. The number of amides is 1. The number of Topliss-reactive ketones (excluding diaryl/α,β-unsaturated/α-hetero) is 1. The smallest absolute Gasteiger partial charge is 0.338 e. The van der Waals surface area contributed by atoms with Crippen LogP contribution in [0.4, 0.5) is 5.69 Å². The molecule has 9 nitrogen and oxygen atoms in total. The fourth-order valence-electron chi connectivity index (χ4n) is 5.72.